The lowest BCUT2D eigenvalue weighted by atomic mass is 10.0. The van der Waals surface area contributed by atoms with Crippen LogP contribution in [0.25, 0.3) is 0 Å². The molecule has 104 valence electrons. The van der Waals surface area contributed by atoms with Crippen LogP contribution in [0.2, 0.25) is 0 Å². The zero-order valence-electron chi connectivity index (χ0n) is 7.69. The average Bonchev–Trinajstić information content (AvgIpc) is 2.38. The minimum atomic E-state index is -4.41. The van der Waals surface area contributed by atoms with Gasteiger partial charge in [-0.15, -0.1) is 11.6 Å². The molecular formula is C7Cl7F3S. The van der Waals surface area contributed by atoms with E-state index >= 15 is 0 Å². The minimum Gasteiger partial charge on any atom is -0.221 e. The second kappa shape index (κ2) is 4.01. The van der Waals surface area contributed by atoms with Crippen LogP contribution >= 0.6 is 93.0 Å². The first-order valence-corrected chi connectivity index (χ1v) is 7.51. The van der Waals surface area contributed by atoms with Crippen LogP contribution in [0.4, 0.5) is 13.2 Å². The summed E-state index contributed by atoms with van der Waals surface area (Å²) in [4.78, 5) is -2.76. The van der Waals surface area contributed by atoms with Gasteiger partial charge in [0.05, 0.1) is 10.1 Å². The van der Waals surface area contributed by atoms with Crippen LogP contribution < -0.4 is 0 Å². The molecule has 1 aliphatic carbocycles. The van der Waals surface area contributed by atoms with Crippen molar-refractivity contribution < 1.29 is 13.2 Å². The molecule has 1 fully saturated rings. The van der Waals surface area contributed by atoms with Gasteiger partial charge in [-0.2, -0.15) is 8.78 Å². The van der Waals surface area contributed by atoms with E-state index in [0.717, 1.165) is 0 Å². The Bertz CT molecular complexity index is 462. The van der Waals surface area contributed by atoms with Gasteiger partial charge in [-0.1, -0.05) is 69.8 Å². The fraction of sp³-hybridized carbons (Fsp3) is 0.714. The minimum absolute atomic E-state index is 0.164. The number of allylic oxidation sites excluding steroid dienone is 1. The van der Waals surface area contributed by atoms with E-state index < -0.39 is 33.9 Å². The smallest absolute Gasteiger partial charge is 0.221 e. The van der Waals surface area contributed by atoms with Crippen LogP contribution in [0.5, 0.6) is 0 Å². The van der Waals surface area contributed by atoms with Crippen LogP contribution in [0, 0.1) is 0 Å². The normalized spacial score (nSPS) is 47.0. The number of rotatable bonds is 1. The SMILES string of the molecule is FC(F)(Cl)C1(F)SC2(Cl)C(Cl)=C(Cl)C1(Cl)C2(Cl)Cl. The molecule has 1 heterocycles. The molecule has 1 saturated heterocycles. The molecule has 2 rings (SSSR count). The third-order valence-electron chi connectivity index (χ3n) is 2.70. The summed E-state index contributed by atoms with van der Waals surface area (Å²) < 4.78 is 36.7. The zero-order valence-corrected chi connectivity index (χ0v) is 13.8. The van der Waals surface area contributed by atoms with Gasteiger partial charge in [0.1, 0.15) is 0 Å². The molecule has 0 aromatic heterocycles. The summed E-state index contributed by atoms with van der Waals surface area (Å²) in [5, 5.41) is -9.12. The van der Waals surface area contributed by atoms with Crippen molar-refractivity contribution in [3.8, 4) is 0 Å². The number of alkyl halides is 8. The summed E-state index contributed by atoms with van der Waals surface area (Å²) in [5.74, 6) is 0. The summed E-state index contributed by atoms with van der Waals surface area (Å²) in [6.45, 7) is 0. The van der Waals surface area contributed by atoms with E-state index in [4.69, 9.17) is 81.2 Å². The summed E-state index contributed by atoms with van der Waals surface area (Å²) in [7, 11) is 0. The number of halogens is 10. The van der Waals surface area contributed by atoms with E-state index in [0.29, 0.717) is 0 Å². The number of hydrogen-bond donors (Lipinski definition) is 0. The van der Waals surface area contributed by atoms with Crippen molar-refractivity contribution in [2.75, 3.05) is 0 Å². The Morgan fingerprint density at radius 3 is 1.72 bits per heavy atom. The second-order valence-electron chi connectivity index (χ2n) is 3.65. The first-order chi connectivity index (χ1) is 7.77. The highest BCUT2D eigenvalue weighted by molar-refractivity contribution is 8.04. The van der Waals surface area contributed by atoms with Crippen LogP contribution in [0.1, 0.15) is 0 Å². The molecule has 0 aromatic rings. The lowest BCUT2D eigenvalue weighted by molar-refractivity contribution is -0.0265. The van der Waals surface area contributed by atoms with Crippen molar-refractivity contribution in [3.05, 3.63) is 10.1 Å². The Kier molecular flexibility index (Phi) is 3.62. The summed E-state index contributed by atoms with van der Waals surface area (Å²) in [5.41, 5.74) is 0. The van der Waals surface area contributed by atoms with Gasteiger partial charge in [0.15, 0.2) is 13.4 Å². The van der Waals surface area contributed by atoms with Crippen LogP contribution in [-0.4, -0.2) is 23.8 Å². The van der Waals surface area contributed by atoms with Gasteiger partial charge < -0.3 is 0 Å². The Labute approximate surface area is 139 Å². The van der Waals surface area contributed by atoms with Gasteiger partial charge >= 0.3 is 5.38 Å². The molecule has 3 atom stereocenters. The Hall–Kier alpha value is 1.91. The molecule has 0 radical (unpaired) electrons. The summed E-state index contributed by atoms with van der Waals surface area (Å²) in [6, 6.07) is 0. The maximum absolute atomic E-state index is 14.6. The standard InChI is InChI=1S/C7Cl7F3S/c8-1-2(9)4(11)5(12,13)3(1,10)6(15,18-4)7(14,16)17. The molecular weight excluding hydrogens is 421 g/mol. The van der Waals surface area contributed by atoms with E-state index in [-0.39, 0.29) is 11.8 Å². The molecule has 0 saturated carbocycles. The van der Waals surface area contributed by atoms with Gasteiger partial charge in [0.2, 0.25) is 0 Å². The van der Waals surface area contributed by atoms with Gasteiger partial charge in [0, 0.05) is 0 Å². The van der Waals surface area contributed by atoms with Crippen LogP contribution in [-0.2, 0) is 0 Å². The quantitative estimate of drug-likeness (QED) is 0.467. The third-order valence-corrected chi connectivity index (χ3v) is 9.35. The van der Waals surface area contributed by atoms with E-state index in [2.05, 4.69) is 0 Å². The van der Waals surface area contributed by atoms with Crippen molar-refractivity contribution in [1.29, 1.82) is 0 Å². The van der Waals surface area contributed by atoms with Crippen LogP contribution in [0.15, 0.2) is 10.1 Å². The molecule has 0 spiro atoms. The van der Waals surface area contributed by atoms with Gasteiger partial charge in [0.25, 0.3) is 5.00 Å². The van der Waals surface area contributed by atoms with Crippen molar-refractivity contribution in [1.82, 2.24) is 0 Å². The number of fused-ring (bicyclic) bond motifs is 2. The average molecular weight is 421 g/mol. The molecule has 0 N–H and O–H groups in total. The number of hydrogen-bond acceptors (Lipinski definition) is 1. The summed E-state index contributed by atoms with van der Waals surface area (Å²) in [6.07, 6.45) is 0. The van der Waals surface area contributed by atoms with Crippen LogP contribution in [0.3, 0.4) is 0 Å². The van der Waals surface area contributed by atoms with Gasteiger partial charge in [-0.3, -0.25) is 0 Å². The van der Waals surface area contributed by atoms with Crippen molar-refractivity contribution in [3.63, 3.8) is 0 Å². The molecule has 0 aromatic carbocycles. The first kappa shape index (κ1) is 16.3. The Morgan fingerprint density at radius 1 is 1.00 bits per heavy atom. The van der Waals surface area contributed by atoms with Gasteiger partial charge in [-0.25, -0.2) is 4.39 Å². The molecule has 2 bridgehead atoms. The van der Waals surface area contributed by atoms with Crippen molar-refractivity contribution in [2.24, 2.45) is 0 Å². The maximum Gasteiger partial charge on any atom is 0.366 e. The Morgan fingerprint density at radius 2 is 1.44 bits per heavy atom. The van der Waals surface area contributed by atoms with E-state index in [1.54, 1.807) is 0 Å². The second-order valence-corrected chi connectivity index (χ2v) is 8.95. The highest BCUT2D eigenvalue weighted by atomic mass is 35.5. The summed E-state index contributed by atoms with van der Waals surface area (Å²) >= 11 is 39.4. The molecule has 18 heavy (non-hydrogen) atoms. The fourth-order valence-corrected chi connectivity index (χ4v) is 6.76. The molecule has 3 unspecified atom stereocenters. The molecule has 0 amide bonds. The van der Waals surface area contributed by atoms with E-state index in [9.17, 15) is 13.2 Å². The fourth-order valence-electron chi connectivity index (χ4n) is 1.76. The highest BCUT2D eigenvalue weighted by Gasteiger charge is 2.90. The predicted molar refractivity (Wildman–Crippen MR) is 72.6 cm³/mol. The molecule has 1 aliphatic heterocycles. The topological polar surface area (TPSA) is 0 Å². The predicted octanol–water partition coefficient (Wildman–Crippen LogP) is 6.02. The lowest BCUT2D eigenvalue weighted by Crippen LogP contribution is -2.57. The lowest BCUT2D eigenvalue weighted by Gasteiger charge is -2.38. The largest absolute Gasteiger partial charge is 0.366 e. The zero-order chi connectivity index (χ0) is 14.4. The van der Waals surface area contributed by atoms with E-state index in [1.807, 2.05) is 0 Å². The Balaban J connectivity index is 2.79. The monoisotopic (exact) mass is 418 g/mol. The molecule has 2 aliphatic rings. The van der Waals surface area contributed by atoms with E-state index in [1.165, 1.54) is 0 Å². The molecule has 0 nitrogen and oxygen atoms in total. The van der Waals surface area contributed by atoms with Gasteiger partial charge in [-0.05, 0) is 11.6 Å². The van der Waals surface area contributed by atoms with Crippen molar-refractivity contribution >= 4 is 93.0 Å². The third kappa shape index (κ3) is 1.43. The first-order valence-electron chi connectivity index (χ1n) is 4.05. The highest BCUT2D eigenvalue weighted by Crippen LogP contribution is 2.83. The van der Waals surface area contributed by atoms with Crippen molar-refractivity contribution in [2.45, 2.75) is 23.8 Å². The molecule has 11 heteroatoms. The maximum atomic E-state index is 14.6. The number of thioether (sulfide) groups is 1.